The molecule has 0 bridgehead atoms. The number of rotatable bonds is 6. The lowest BCUT2D eigenvalue weighted by Crippen LogP contribution is -2.34. The van der Waals surface area contributed by atoms with E-state index in [4.69, 9.17) is 66.4 Å². The number of hydrogen-bond acceptors (Lipinski definition) is 17. The number of halogens is 2. The standard InChI is InChI=1S/C26H29ClN4O5S.C21H23ClN4O4S/c1-28-37(33)12-15-8-31(9-16(15)13-37)17-4-2-14(3-5-17)24-18(27)6-19-20(30-24)7-23(29-19)36-22-11-35-25-21(32)10-34-26(22)25;1-31(2,23)26-12-5-3-11(4-6-12)19-13(22)7-14-15(25-19)8-18(24-14)30-17-10-29-20-16(27)9-28-21(17)20/h2-6,15-16,21-22,25-26,32H,7-13H2,1H3;3-7,16-17,20-21,23,27H,8-10H2,1-2H3/t15?,16?,21-,22-,25-,26-,37?;16-,17-,20-,21-/m11/s1. The van der Waals surface area contributed by atoms with Gasteiger partial charge in [-0.15, -0.1) is 0 Å². The van der Waals surface area contributed by atoms with Crippen molar-refractivity contribution < 1.29 is 42.8 Å². The van der Waals surface area contributed by atoms with Crippen molar-refractivity contribution in [2.75, 3.05) is 75.5 Å². The molecule has 2 aromatic carbocycles. The number of ether oxygens (including phenoxy) is 6. The molecule has 2 aromatic heterocycles. The molecule has 10 atom stereocenters. The minimum absolute atomic E-state index is 0.259. The van der Waals surface area contributed by atoms with Gasteiger partial charge in [-0.2, -0.15) is 0 Å². The largest absolute Gasteiger partial charge is 0.472 e. The molecule has 0 spiro atoms. The lowest BCUT2D eigenvalue weighted by atomic mass is 10.0. The Morgan fingerprint density at radius 2 is 1.18 bits per heavy atom. The van der Waals surface area contributed by atoms with Crippen LogP contribution in [0.25, 0.3) is 22.5 Å². The van der Waals surface area contributed by atoms with Gasteiger partial charge in [-0.05, 0) is 48.2 Å². The van der Waals surface area contributed by atoms with E-state index in [9.17, 15) is 14.4 Å². The van der Waals surface area contributed by atoms with Gasteiger partial charge in [-0.25, -0.2) is 32.9 Å². The fourth-order valence-electron chi connectivity index (χ4n) is 10.3. The Hall–Kier alpha value is -4.28. The van der Waals surface area contributed by atoms with E-state index in [-0.39, 0.29) is 49.8 Å². The van der Waals surface area contributed by atoms with E-state index < -0.39 is 31.6 Å². The third kappa shape index (κ3) is 9.15. The Morgan fingerprint density at radius 3 is 1.63 bits per heavy atom. The Balaban J connectivity index is 0.000000152. The molecule has 0 aliphatic carbocycles. The third-order valence-corrected chi connectivity index (χ3v) is 17.4. The van der Waals surface area contributed by atoms with Crippen molar-refractivity contribution >= 4 is 77.1 Å². The number of fused-ring (bicyclic) bond motifs is 5. The van der Waals surface area contributed by atoms with Crippen LogP contribution in [0.4, 0.5) is 22.7 Å². The van der Waals surface area contributed by atoms with Crippen molar-refractivity contribution in [1.82, 2.24) is 9.97 Å². The molecular formula is C47H52Cl2N8O9S2. The summed E-state index contributed by atoms with van der Waals surface area (Å²) in [5, 5.41) is 20.9. The highest BCUT2D eigenvalue weighted by atomic mass is 35.5. The zero-order valence-corrected chi connectivity index (χ0v) is 40.7. The first-order valence-electron chi connectivity index (χ1n) is 22.6. The summed E-state index contributed by atoms with van der Waals surface area (Å²) in [6.07, 6.45) is 1.48. The molecule has 4 aromatic rings. The maximum atomic E-state index is 12.6. The van der Waals surface area contributed by atoms with Gasteiger partial charge >= 0.3 is 0 Å². The summed E-state index contributed by atoms with van der Waals surface area (Å²) in [7, 11) is -2.03. The number of benzene rings is 2. The average Bonchev–Trinajstić information content (AvgIpc) is 4.18. The molecule has 10 heterocycles. The zero-order valence-electron chi connectivity index (χ0n) is 37.6. The highest BCUT2D eigenvalue weighted by Crippen LogP contribution is 2.41. The first-order chi connectivity index (χ1) is 32.7. The fourth-order valence-corrected chi connectivity index (χ4v) is 14.0. The van der Waals surface area contributed by atoms with Gasteiger partial charge in [0.15, 0.2) is 24.0 Å². The van der Waals surface area contributed by atoms with Crippen molar-refractivity contribution in [3.63, 3.8) is 0 Å². The van der Waals surface area contributed by atoms with E-state index in [1.807, 2.05) is 42.8 Å². The van der Waals surface area contributed by atoms with Crippen molar-refractivity contribution in [3.05, 3.63) is 82.1 Å². The summed E-state index contributed by atoms with van der Waals surface area (Å²) in [4.78, 5) is 21.1. The lowest BCUT2D eigenvalue weighted by Gasteiger charge is -2.20. The Labute approximate surface area is 405 Å². The topological polar surface area (TPSA) is 215 Å². The van der Waals surface area contributed by atoms with Crippen LogP contribution in [0.15, 0.2) is 79.4 Å². The fraction of sp³-hybridized carbons (Fsp3) is 0.489. The molecule has 0 saturated carbocycles. The molecule has 0 radical (unpaired) electrons. The van der Waals surface area contributed by atoms with Gasteiger partial charge in [-0.3, -0.25) is 4.78 Å². The summed E-state index contributed by atoms with van der Waals surface area (Å²) in [5.41, 5.74) is 8.15. The van der Waals surface area contributed by atoms with E-state index in [1.165, 1.54) is 0 Å². The number of nitrogens with one attached hydrogen (secondary N) is 1. The molecule has 12 rings (SSSR count). The van der Waals surface area contributed by atoms with Gasteiger partial charge in [0.05, 0.1) is 89.2 Å². The number of aliphatic hydroxyl groups is 2. The maximum Gasteiger partial charge on any atom is 0.195 e. The Kier molecular flexibility index (Phi) is 12.3. The van der Waals surface area contributed by atoms with E-state index >= 15 is 0 Å². The highest BCUT2D eigenvalue weighted by molar-refractivity contribution is 7.94. The first-order valence-corrected chi connectivity index (χ1v) is 27.6. The number of anilines is 1. The van der Waals surface area contributed by atoms with E-state index in [2.05, 4.69) is 47.9 Å². The van der Waals surface area contributed by atoms with Crippen LogP contribution in [-0.4, -0.2) is 156 Å². The summed E-state index contributed by atoms with van der Waals surface area (Å²) in [6.45, 7) is 3.08. The van der Waals surface area contributed by atoms with Crippen LogP contribution in [-0.2, 0) is 60.6 Å². The van der Waals surface area contributed by atoms with Crippen molar-refractivity contribution in [2.45, 2.75) is 61.7 Å². The van der Waals surface area contributed by atoms with Gasteiger partial charge in [0.25, 0.3) is 0 Å². The molecule has 17 nitrogen and oxygen atoms in total. The number of pyridine rings is 2. The SMILES string of the molecule is CN=S1(=O)CC2CN(c3ccc(-c4nc5c(cc4Cl)N=C(O[C@@H]4CO[C@H]6[C@@H]4OC[C@H]6O)C5)cc3)CC2C1.CS(C)(=N)=Nc1ccc(-c2nc3c(cc2Cl)N=C(O[C@@H]2CO[C@H]4[C@@H]2OC[C@H]4O)C3)cc1. The number of hydrogen-bond donors (Lipinski definition) is 3. The summed E-state index contributed by atoms with van der Waals surface area (Å²) >= 11 is 13.1. The maximum absolute atomic E-state index is 12.6. The molecule has 6 saturated heterocycles. The van der Waals surface area contributed by atoms with Crippen LogP contribution >= 0.6 is 23.2 Å². The lowest BCUT2D eigenvalue weighted by molar-refractivity contribution is 0.00555. The molecule has 6 fully saturated rings. The predicted molar refractivity (Wildman–Crippen MR) is 261 cm³/mol. The van der Waals surface area contributed by atoms with Gasteiger partial charge < -0.3 is 43.5 Å². The first kappa shape index (κ1) is 46.1. The van der Waals surface area contributed by atoms with Gasteiger partial charge in [-0.1, -0.05) is 57.1 Å². The van der Waals surface area contributed by atoms with Gasteiger partial charge in [0.2, 0.25) is 0 Å². The summed E-state index contributed by atoms with van der Waals surface area (Å²) < 4.78 is 63.9. The normalized spacial score (nSPS) is 31.8. The number of aliphatic imine (C=N–C) groups is 2. The van der Waals surface area contributed by atoms with Gasteiger partial charge in [0.1, 0.15) is 36.6 Å². The van der Waals surface area contributed by atoms with Crippen LogP contribution in [0, 0.1) is 16.6 Å². The molecule has 21 heteroatoms. The monoisotopic (exact) mass is 1010 g/mol. The second kappa shape index (κ2) is 18.2. The van der Waals surface area contributed by atoms with E-state index in [0.717, 1.165) is 64.2 Å². The average molecular weight is 1010 g/mol. The summed E-state index contributed by atoms with van der Waals surface area (Å²) in [6, 6.07) is 19.6. The van der Waals surface area contributed by atoms with Crippen LogP contribution in [0.3, 0.4) is 0 Å². The smallest absolute Gasteiger partial charge is 0.195 e. The minimum Gasteiger partial charge on any atom is -0.472 e. The molecule has 3 N–H and O–H groups in total. The molecule has 360 valence electrons. The predicted octanol–water partition coefficient (Wildman–Crippen LogP) is 6.22. The van der Waals surface area contributed by atoms with Crippen molar-refractivity contribution in [1.29, 1.82) is 4.78 Å². The van der Waals surface area contributed by atoms with Gasteiger partial charge in [0, 0.05) is 70.7 Å². The Bertz CT molecular complexity index is 2940. The molecule has 8 aliphatic heterocycles. The molecule has 8 aliphatic rings. The van der Waals surface area contributed by atoms with Crippen LogP contribution in [0.5, 0.6) is 0 Å². The summed E-state index contributed by atoms with van der Waals surface area (Å²) in [5.74, 6) is 3.44. The van der Waals surface area contributed by atoms with E-state index in [1.54, 1.807) is 13.1 Å². The number of aromatic nitrogens is 2. The Morgan fingerprint density at radius 1 is 0.721 bits per heavy atom. The second-order valence-corrected chi connectivity index (χ2v) is 24.9. The van der Waals surface area contributed by atoms with Crippen molar-refractivity contribution in [2.24, 2.45) is 30.5 Å². The molecular weight excluding hydrogens is 956 g/mol. The zero-order chi connectivity index (χ0) is 47.1. The number of nitrogens with zero attached hydrogens (tertiary/aromatic N) is 7. The van der Waals surface area contributed by atoms with Crippen molar-refractivity contribution in [3.8, 4) is 22.5 Å². The highest BCUT2D eigenvalue weighted by Gasteiger charge is 2.50. The minimum atomic E-state index is -1.99. The molecule has 68 heavy (non-hydrogen) atoms. The second-order valence-electron chi connectivity index (χ2n) is 18.7. The van der Waals surface area contributed by atoms with E-state index in [0.29, 0.717) is 76.8 Å². The van der Waals surface area contributed by atoms with Crippen LogP contribution in [0.1, 0.15) is 11.4 Å². The molecule has 2 unspecified atom stereocenters. The van der Waals surface area contributed by atoms with Crippen LogP contribution in [0.2, 0.25) is 10.0 Å². The molecule has 0 amide bonds. The van der Waals surface area contributed by atoms with Crippen LogP contribution < -0.4 is 4.90 Å². The quantitative estimate of drug-likeness (QED) is 0.196. The number of aliphatic hydroxyl groups excluding tert-OH is 2. The third-order valence-electron chi connectivity index (χ3n) is 13.6.